The Bertz CT molecular complexity index is 1020. The molecule has 6 aliphatic rings. The van der Waals surface area contributed by atoms with E-state index in [-0.39, 0.29) is 40.1 Å². The monoisotopic (exact) mass is 644 g/mol. The van der Waals surface area contributed by atoms with E-state index in [1.807, 2.05) is 14.0 Å². The smallest absolute Gasteiger partial charge is 0.0656 e. The third kappa shape index (κ3) is 5.98. The summed E-state index contributed by atoms with van der Waals surface area (Å²) in [5.74, 6) is 5.40. The van der Waals surface area contributed by atoms with Crippen molar-refractivity contribution >= 4 is 0 Å². The van der Waals surface area contributed by atoms with Gasteiger partial charge in [0, 0.05) is 18.4 Å². The molecule has 6 aliphatic carbocycles. The van der Waals surface area contributed by atoms with Crippen molar-refractivity contribution in [2.24, 2.45) is 81.3 Å². The molecule has 4 N–H and O–H groups in total. The molecule has 0 heterocycles. The summed E-state index contributed by atoms with van der Waals surface area (Å²) < 4.78 is 5.58. The fourth-order valence-electron chi connectivity index (χ4n) is 14.6. The first-order chi connectivity index (χ1) is 21.7. The molecule has 0 aromatic carbocycles. The van der Waals surface area contributed by atoms with Crippen molar-refractivity contribution in [2.75, 3.05) is 20.2 Å². The normalized spacial score (nSPS) is 55.1. The highest BCUT2D eigenvalue weighted by Gasteiger charge is 2.70. The van der Waals surface area contributed by atoms with Crippen molar-refractivity contribution in [2.45, 2.75) is 156 Å². The lowest BCUT2D eigenvalue weighted by molar-refractivity contribution is -0.280. The number of methoxy groups -OCH3 is 1. The summed E-state index contributed by atoms with van der Waals surface area (Å²) in [6, 6.07) is 0. The van der Waals surface area contributed by atoms with E-state index < -0.39 is 12.2 Å². The lowest BCUT2D eigenvalue weighted by atomic mass is 9.34. The van der Waals surface area contributed by atoms with E-state index in [1.54, 1.807) is 0 Å². The average molecular weight is 644 g/mol. The van der Waals surface area contributed by atoms with Gasteiger partial charge in [0.15, 0.2) is 0 Å². The van der Waals surface area contributed by atoms with Crippen molar-refractivity contribution in [3.63, 3.8) is 0 Å². The molecule has 266 valence electrons. The van der Waals surface area contributed by atoms with Gasteiger partial charge in [0.2, 0.25) is 0 Å². The number of aliphatic hydroxyl groups excluding tert-OH is 3. The maximum absolute atomic E-state index is 12.6. The second kappa shape index (κ2) is 13.5. The molecule has 0 aromatic heterocycles. The van der Waals surface area contributed by atoms with Crippen LogP contribution in [0.4, 0.5) is 0 Å². The van der Waals surface area contributed by atoms with E-state index in [2.05, 4.69) is 46.9 Å². The van der Waals surface area contributed by atoms with Crippen molar-refractivity contribution in [1.82, 2.24) is 5.32 Å². The van der Waals surface area contributed by atoms with Gasteiger partial charge in [-0.25, -0.2) is 0 Å². The van der Waals surface area contributed by atoms with Gasteiger partial charge >= 0.3 is 0 Å². The standard InChI is InChI=1S/C41H73NO4/c1-24-9-18-32(30-14-10-28(11-15-30)21-42-22-29-12-16-31(46-8)17-13-29)33-20-39(5)23-40(6)19-25(2)34(27(4)43)38(45)41(40,7)26(3)36(39)37(44)35(24)33/h24-38,42-45H,9-23H2,1-8H3/t24?,25?,26?,27?,28?,29?,30?,31?,32?,33?,34?,35?,36?,37?,38?,39-,40+,41+/m0/s1. The van der Waals surface area contributed by atoms with Crippen LogP contribution in [0.3, 0.4) is 0 Å². The van der Waals surface area contributed by atoms with Crippen LogP contribution in [0.25, 0.3) is 0 Å². The minimum absolute atomic E-state index is 0.00159. The van der Waals surface area contributed by atoms with Crippen LogP contribution in [0, 0.1) is 81.3 Å². The number of hydrogen-bond donors (Lipinski definition) is 4. The first-order valence-electron chi connectivity index (χ1n) is 20.0. The number of aliphatic hydroxyl groups is 3. The molecule has 5 nitrogen and oxygen atoms in total. The summed E-state index contributed by atoms with van der Waals surface area (Å²) >= 11 is 0. The zero-order chi connectivity index (χ0) is 33.2. The molecule has 0 spiro atoms. The highest BCUT2D eigenvalue weighted by Crippen LogP contribution is 2.73. The van der Waals surface area contributed by atoms with Gasteiger partial charge < -0.3 is 25.4 Å². The first kappa shape index (κ1) is 35.6. The highest BCUT2D eigenvalue weighted by atomic mass is 16.5. The molecule has 0 radical (unpaired) electrons. The van der Waals surface area contributed by atoms with Crippen LogP contribution in [-0.2, 0) is 4.74 Å². The molecule has 46 heavy (non-hydrogen) atoms. The number of nitrogens with one attached hydrogen (secondary N) is 1. The number of hydrogen-bond acceptors (Lipinski definition) is 5. The molecular formula is C41H73NO4. The van der Waals surface area contributed by atoms with E-state index in [0.717, 1.165) is 36.5 Å². The topological polar surface area (TPSA) is 82.0 Å². The van der Waals surface area contributed by atoms with Crippen molar-refractivity contribution in [3.05, 3.63) is 0 Å². The molecule has 14 atom stereocenters. The Morgan fingerprint density at radius 1 is 0.783 bits per heavy atom. The van der Waals surface area contributed by atoms with Crippen LogP contribution in [-0.4, -0.2) is 59.9 Å². The number of ether oxygens (including phenoxy) is 1. The molecule has 6 saturated carbocycles. The van der Waals surface area contributed by atoms with Crippen LogP contribution < -0.4 is 5.32 Å². The molecule has 0 amide bonds. The lowest BCUT2D eigenvalue weighted by Crippen LogP contribution is -2.70. The largest absolute Gasteiger partial charge is 0.393 e. The Morgan fingerprint density at radius 3 is 1.98 bits per heavy atom. The summed E-state index contributed by atoms with van der Waals surface area (Å²) in [7, 11) is 1.87. The van der Waals surface area contributed by atoms with Crippen LogP contribution in [0.15, 0.2) is 0 Å². The number of rotatable bonds is 7. The van der Waals surface area contributed by atoms with E-state index in [0.29, 0.717) is 29.8 Å². The molecule has 0 aromatic rings. The van der Waals surface area contributed by atoms with Gasteiger partial charge in [-0.15, -0.1) is 0 Å². The second-order valence-electron chi connectivity index (χ2n) is 19.4. The summed E-state index contributed by atoms with van der Waals surface area (Å²) in [5, 5.41) is 39.3. The Balaban J connectivity index is 1.13. The third-order valence-corrected chi connectivity index (χ3v) is 17.0. The van der Waals surface area contributed by atoms with Crippen LogP contribution in [0.2, 0.25) is 0 Å². The molecule has 0 saturated heterocycles. The van der Waals surface area contributed by atoms with Crippen LogP contribution >= 0.6 is 0 Å². The molecule has 0 bridgehead atoms. The Hall–Kier alpha value is -0.200. The SMILES string of the molecule is COC1CCC(CNCC2CCC(C3CCC(C)C4C(O)C5C(C)[C@]6(C)C(O)C(C(C)O)C(C)C[C@]6(C)C[C@]5(C)CC34)CC2)CC1. The van der Waals surface area contributed by atoms with Gasteiger partial charge in [-0.1, -0.05) is 48.0 Å². The fourth-order valence-corrected chi connectivity index (χ4v) is 14.6. The van der Waals surface area contributed by atoms with Gasteiger partial charge in [0.05, 0.1) is 24.4 Å². The Morgan fingerprint density at radius 2 is 1.39 bits per heavy atom. The van der Waals surface area contributed by atoms with Gasteiger partial charge in [-0.2, -0.15) is 0 Å². The van der Waals surface area contributed by atoms with E-state index in [9.17, 15) is 15.3 Å². The first-order valence-corrected chi connectivity index (χ1v) is 20.0. The van der Waals surface area contributed by atoms with E-state index in [1.165, 1.54) is 83.7 Å². The van der Waals surface area contributed by atoms with Gasteiger partial charge in [0.1, 0.15) is 0 Å². The predicted molar refractivity (Wildman–Crippen MR) is 187 cm³/mol. The van der Waals surface area contributed by atoms with Gasteiger partial charge in [-0.05, 0) is 167 Å². The number of fused-ring (bicyclic) bond motifs is 3. The highest BCUT2D eigenvalue weighted by molar-refractivity contribution is 5.18. The Kier molecular flexibility index (Phi) is 10.5. The second-order valence-corrected chi connectivity index (χ2v) is 19.4. The predicted octanol–water partition coefficient (Wildman–Crippen LogP) is 7.70. The lowest BCUT2D eigenvalue weighted by Gasteiger charge is -2.72. The van der Waals surface area contributed by atoms with Crippen LogP contribution in [0.5, 0.6) is 0 Å². The van der Waals surface area contributed by atoms with Crippen LogP contribution in [0.1, 0.15) is 132 Å². The molecular weight excluding hydrogens is 570 g/mol. The average Bonchev–Trinajstić information content (AvgIpc) is 2.99. The van der Waals surface area contributed by atoms with Crippen molar-refractivity contribution in [3.8, 4) is 0 Å². The van der Waals surface area contributed by atoms with E-state index in [4.69, 9.17) is 4.74 Å². The maximum atomic E-state index is 12.6. The summed E-state index contributed by atoms with van der Waals surface area (Å²) in [5.41, 5.74) is -0.227. The summed E-state index contributed by atoms with van der Waals surface area (Å²) in [6.45, 7) is 18.6. The minimum Gasteiger partial charge on any atom is -0.393 e. The summed E-state index contributed by atoms with van der Waals surface area (Å²) in [4.78, 5) is 0. The molecule has 6 fully saturated rings. The molecule has 6 rings (SSSR count). The quantitative estimate of drug-likeness (QED) is 0.229. The Labute approximate surface area is 282 Å². The molecule has 0 aliphatic heterocycles. The van der Waals surface area contributed by atoms with E-state index >= 15 is 0 Å². The van der Waals surface area contributed by atoms with Crippen molar-refractivity contribution < 1.29 is 20.1 Å². The third-order valence-electron chi connectivity index (χ3n) is 17.0. The van der Waals surface area contributed by atoms with Gasteiger partial charge in [-0.3, -0.25) is 0 Å². The minimum atomic E-state index is -0.544. The van der Waals surface area contributed by atoms with Gasteiger partial charge in [0.25, 0.3) is 0 Å². The zero-order valence-electron chi connectivity index (χ0n) is 31.0. The summed E-state index contributed by atoms with van der Waals surface area (Å²) in [6.07, 6.45) is 15.7. The fraction of sp³-hybridized carbons (Fsp3) is 1.00. The van der Waals surface area contributed by atoms with Crippen molar-refractivity contribution in [1.29, 1.82) is 0 Å². The zero-order valence-corrected chi connectivity index (χ0v) is 31.0. The molecule has 11 unspecified atom stereocenters. The maximum Gasteiger partial charge on any atom is 0.0656 e. The molecule has 5 heteroatoms.